The van der Waals surface area contributed by atoms with Crippen LogP contribution in [0.2, 0.25) is 0 Å². The highest BCUT2D eigenvalue weighted by molar-refractivity contribution is 6.21. The molecular formula is C28H25BN2O4. The van der Waals surface area contributed by atoms with E-state index in [4.69, 9.17) is 12.6 Å². The Kier molecular flexibility index (Phi) is 8.67. The lowest BCUT2D eigenvalue weighted by atomic mass is 9.96. The first-order valence-electron chi connectivity index (χ1n) is 10.9. The molecule has 3 aromatic rings. The molecule has 3 rings (SSSR count). The van der Waals surface area contributed by atoms with Crippen LogP contribution in [0.15, 0.2) is 108 Å². The number of benzene rings is 3. The standard InChI is InChI=1S/C28H25BN2O4/c1-3-9-26(19(2)29)35-22-16-14-20(15-17-22)18-24(31-27(33)21-10-5-4-6-11-21)28(34)30-23-12-7-8-13-25(23)32/h3-18,32H,1-2H3,(H,30,34)(H,31,33)/b9-3-,24-18-,26-19-. The summed E-state index contributed by atoms with van der Waals surface area (Å²) < 4.78 is 5.81. The average Bonchev–Trinajstić information content (AvgIpc) is 2.86. The second-order valence-corrected chi connectivity index (χ2v) is 7.57. The summed E-state index contributed by atoms with van der Waals surface area (Å²) in [4.78, 5) is 25.8. The maximum Gasteiger partial charge on any atom is 0.272 e. The van der Waals surface area contributed by atoms with Crippen LogP contribution in [0.25, 0.3) is 6.08 Å². The molecule has 0 aliphatic carbocycles. The molecule has 0 aromatic heterocycles. The minimum Gasteiger partial charge on any atom is -0.506 e. The van der Waals surface area contributed by atoms with E-state index in [9.17, 15) is 14.7 Å². The van der Waals surface area contributed by atoms with Crippen molar-refractivity contribution in [1.82, 2.24) is 5.32 Å². The van der Waals surface area contributed by atoms with Crippen molar-refractivity contribution in [2.75, 3.05) is 5.32 Å². The van der Waals surface area contributed by atoms with E-state index in [1.165, 1.54) is 12.1 Å². The van der Waals surface area contributed by atoms with Gasteiger partial charge in [-0.2, -0.15) is 0 Å². The zero-order valence-corrected chi connectivity index (χ0v) is 19.5. The van der Waals surface area contributed by atoms with Crippen LogP contribution in [0.5, 0.6) is 11.5 Å². The largest absolute Gasteiger partial charge is 0.506 e. The van der Waals surface area contributed by atoms with Crippen LogP contribution in [-0.2, 0) is 4.79 Å². The predicted molar refractivity (Wildman–Crippen MR) is 139 cm³/mol. The molecule has 0 aliphatic rings. The molecule has 2 amide bonds. The smallest absolute Gasteiger partial charge is 0.272 e. The summed E-state index contributed by atoms with van der Waals surface area (Å²) in [7, 11) is 5.86. The van der Waals surface area contributed by atoms with Gasteiger partial charge in [-0.1, -0.05) is 54.0 Å². The summed E-state index contributed by atoms with van der Waals surface area (Å²) in [6, 6.07) is 21.9. The van der Waals surface area contributed by atoms with E-state index in [0.29, 0.717) is 28.1 Å². The number of phenols is 1. The van der Waals surface area contributed by atoms with Crippen molar-refractivity contribution in [3.63, 3.8) is 0 Å². The highest BCUT2D eigenvalue weighted by Gasteiger charge is 2.16. The molecule has 0 bridgehead atoms. The van der Waals surface area contributed by atoms with Crippen LogP contribution in [0, 0.1) is 0 Å². The number of ether oxygens (including phenoxy) is 1. The lowest BCUT2D eigenvalue weighted by molar-refractivity contribution is -0.113. The first-order valence-corrected chi connectivity index (χ1v) is 10.9. The summed E-state index contributed by atoms with van der Waals surface area (Å²) in [5.41, 5.74) is 1.82. The van der Waals surface area contributed by atoms with Crippen LogP contribution in [0.3, 0.4) is 0 Å². The number of anilines is 1. The van der Waals surface area contributed by atoms with Crippen LogP contribution in [0.4, 0.5) is 5.69 Å². The van der Waals surface area contributed by atoms with Crippen molar-refractivity contribution in [2.24, 2.45) is 0 Å². The lowest BCUT2D eigenvalue weighted by Gasteiger charge is -2.13. The van der Waals surface area contributed by atoms with Crippen molar-refractivity contribution in [3.05, 3.63) is 119 Å². The van der Waals surface area contributed by atoms with Crippen LogP contribution in [0.1, 0.15) is 29.8 Å². The van der Waals surface area contributed by atoms with Gasteiger partial charge in [-0.25, -0.2) is 0 Å². The minimum absolute atomic E-state index is 0.00285. The van der Waals surface area contributed by atoms with E-state index >= 15 is 0 Å². The molecule has 174 valence electrons. The number of nitrogens with one attached hydrogen (secondary N) is 2. The molecule has 0 aliphatic heterocycles. The number of hydrogen-bond donors (Lipinski definition) is 3. The number of rotatable bonds is 8. The van der Waals surface area contributed by atoms with Crippen LogP contribution < -0.4 is 15.4 Å². The topological polar surface area (TPSA) is 87.7 Å². The van der Waals surface area contributed by atoms with Gasteiger partial charge in [0.25, 0.3) is 11.8 Å². The van der Waals surface area contributed by atoms with Gasteiger partial charge in [-0.15, -0.1) is 0 Å². The Labute approximate surface area is 206 Å². The molecule has 2 radical (unpaired) electrons. The molecule has 0 unspecified atom stereocenters. The molecule has 0 spiro atoms. The first kappa shape index (κ1) is 25.1. The summed E-state index contributed by atoms with van der Waals surface area (Å²) in [5.74, 6) is -0.0181. The van der Waals surface area contributed by atoms with Crippen molar-refractivity contribution < 1.29 is 19.4 Å². The number of carbonyl (C=O) groups excluding carboxylic acids is 2. The third-order valence-electron chi connectivity index (χ3n) is 4.81. The van der Waals surface area contributed by atoms with E-state index in [2.05, 4.69) is 10.6 Å². The number of carbonyl (C=O) groups is 2. The number of allylic oxidation sites excluding steroid dienone is 3. The average molecular weight is 464 g/mol. The van der Waals surface area contributed by atoms with Crippen LogP contribution in [-0.4, -0.2) is 24.8 Å². The van der Waals surface area contributed by atoms with Gasteiger partial charge < -0.3 is 20.5 Å². The maximum absolute atomic E-state index is 13.0. The van der Waals surface area contributed by atoms with E-state index in [1.54, 1.807) is 85.8 Å². The maximum atomic E-state index is 13.0. The normalized spacial score (nSPS) is 12.1. The second kappa shape index (κ2) is 12.1. The monoisotopic (exact) mass is 464 g/mol. The number of para-hydroxylation sites is 2. The molecule has 7 heteroatoms. The molecule has 0 heterocycles. The van der Waals surface area contributed by atoms with Gasteiger partial charge in [-0.3, -0.25) is 9.59 Å². The summed E-state index contributed by atoms with van der Waals surface area (Å²) in [5, 5.41) is 15.3. The fraction of sp³-hybridized carbons (Fsp3) is 0.0714. The van der Waals surface area contributed by atoms with Gasteiger partial charge in [0.15, 0.2) is 0 Å². The highest BCUT2D eigenvalue weighted by Crippen LogP contribution is 2.23. The van der Waals surface area contributed by atoms with Gasteiger partial charge in [0, 0.05) is 5.56 Å². The van der Waals surface area contributed by atoms with Gasteiger partial charge in [-0.05, 0) is 68.0 Å². The molecule has 3 N–H and O–H groups in total. The summed E-state index contributed by atoms with van der Waals surface area (Å²) in [6.07, 6.45) is 5.13. The fourth-order valence-electron chi connectivity index (χ4n) is 3.03. The molecule has 0 saturated heterocycles. The Bertz CT molecular complexity index is 1280. The number of amides is 2. The van der Waals surface area contributed by atoms with Crippen molar-refractivity contribution in [1.29, 1.82) is 0 Å². The predicted octanol–water partition coefficient (Wildman–Crippen LogP) is 5.16. The van der Waals surface area contributed by atoms with E-state index < -0.39 is 11.8 Å². The fourth-order valence-corrected chi connectivity index (χ4v) is 3.03. The molecule has 0 saturated carbocycles. The number of aromatic hydroxyl groups is 1. The van der Waals surface area contributed by atoms with Gasteiger partial charge in [0.2, 0.25) is 0 Å². The number of hydrogen-bond acceptors (Lipinski definition) is 4. The third-order valence-corrected chi connectivity index (χ3v) is 4.81. The molecule has 0 fully saturated rings. The van der Waals surface area contributed by atoms with Crippen molar-refractivity contribution in [3.8, 4) is 11.5 Å². The SMILES string of the molecule is [B]/C(C)=C(/C=C\C)Oc1ccc(/C=C(\NC(=O)c2ccccc2)C(=O)Nc2ccccc2O)cc1. The Balaban J connectivity index is 1.88. The Morgan fingerprint density at radius 2 is 1.60 bits per heavy atom. The van der Waals surface area contributed by atoms with Gasteiger partial charge in [0.05, 0.1) is 5.69 Å². The van der Waals surface area contributed by atoms with Crippen molar-refractivity contribution in [2.45, 2.75) is 13.8 Å². The van der Waals surface area contributed by atoms with Gasteiger partial charge in [0.1, 0.15) is 30.8 Å². The quantitative estimate of drug-likeness (QED) is 0.141. The molecule has 3 aromatic carbocycles. The van der Waals surface area contributed by atoms with Gasteiger partial charge >= 0.3 is 0 Å². The molecule has 35 heavy (non-hydrogen) atoms. The third kappa shape index (κ3) is 7.24. The first-order chi connectivity index (χ1) is 16.9. The minimum atomic E-state index is -0.590. The Morgan fingerprint density at radius 1 is 0.943 bits per heavy atom. The Hall–Kier alpha value is -4.52. The molecule has 6 nitrogen and oxygen atoms in total. The second-order valence-electron chi connectivity index (χ2n) is 7.57. The zero-order chi connectivity index (χ0) is 25.2. The zero-order valence-electron chi connectivity index (χ0n) is 19.5. The van der Waals surface area contributed by atoms with E-state index in [1.807, 2.05) is 13.0 Å². The van der Waals surface area contributed by atoms with E-state index in [0.717, 1.165) is 0 Å². The molecule has 0 atom stereocenters. The number of phenolic OH excluding ortho intramolecular Hbond substituents is 1. The lowest BCUT2D eigenvalue weighted by Crippen LogP contribution is -2.30. The van der Waals surface area contributed by atoms with Crippen LogP contribution >= 0.6 is 0 Å². The Morgan fingerprint density at radius 3 is 2.23 bits per heavy atom. The molecular weight excluding hydrogens is 439 g/mol. The van der Waals surface area contributed by atoms with Crippen molar-refractivity contribution >= 4 is 31.4 Å². The summed E-state index contributed by atoms with van der Waals surface area (Å²) >= 11 is 0. The summed E-state index contributed by atoms with van der Waals surface area (Å²) in [6.45, 7) is 3.61. The van der Waals surface area contributed by atoms with E-state index in [-0.39, 0.29) is 17.1 Å². The highest BCUT2D eigenvalue weighted by atomic mass is 16.5.